The number of hydrogen-bond donors (Lipinski definition) is 0. The summed E-state index contributed by atoms with van der Waals surface area (Å²) in [6.07, 6.45) is 9.44. The van der Waals surface area contributed by atoms with E-state index in [1.54, 1.807) is 17.1 Å². The number of likely N-dealkylation sites (tertiary alicyclic amines) is 3. The SMILES string of the molecule is CC(C)c1nnc(C2CC3(CCN(C(=O)c4cnn(C)c4)CC3)CN2CC(=O)N2CCCCC2)o1. The van der Waals surface area contributed by atoms with Gasteiger partial charge in [-0.1, -0.05) is 13.8 Å². The molecule has 10 nitrogen and oxygen atoms in total. The summed E-state index contributed by atoms with van der Waals surface area (Å²) in [5, 5.41) is 12.8. The number of carbonyl (C=O) groups is 2. The monoisotopic (exact) mass is 483 g/mol. The molecule has 35 heavy (non-hydrogen) atoms. The van der Waals surface area contributed by atoms with Gasteiger partial charge in [0.2, 0.25) is 17.7 Å². The topological polar surface area (TPSA) is 101 Å². The molecule has 3 aliphatic heterocycles. The summed E-state index contributed by atoms with van der Waals surface area (Å²) in [5.74, 6) is 1.65. The molecule has 0 N–H and O–H groups in total. The Morgan fingerprint density at radius 1 is 1.09 bits per heavy atom. The summed E-state index contributed by atoms with van der Waals surface area (Å²) in [7, 11) is 1.82. The van der Waals surface area contributed by atoms with Gasteiger partial charge in [0.05, 0.1) is 24.3 Å². The van der Waals surface area contributed by atoms with Crippen molar-refractivity contribution in [3.8, 4) is 0 Å². The molecule has 0 aromatic carbocycles. The molecular formula is C25H37N7O3. The first-order chi connectivity index (χ1) is 16.8. The molecule has 1 atom stereocenters. The average molecular weight is 484 g/mol. The highest BCUT2D eigenvalue weighted by molar-refractivity contribution is 5.93. The maximum atomic E-state index is 13.2. The molecule has 1 unspecified atom stereocenters. The van der Waals surface area contributed by atoms with E-state index < -0.39 is 0 Å². The first-order valence-electron chi connectivity index (χ1n) is 13.0. The van der Waals surface area contributed by atoms with Crippen LogP contribution in [0, 0.1) is 5.41 Å². The van der Waals surface area contributed by atoms with Crippen molar-refractivity contribution in [3.05, 3.63) is 29.7 Å². The van der Waals surface area contributed by atoms with Crippen molar-refractivity contribution in [3.63, 3.8) is 0 Å². The molecule has 0 radical (unpaired) electrons. The third-order valence-electron chi connectivity index (χ3n) is 7.95. The fraction of sp³-hybridized carbons (Fsp3) is 0.720. The highest BCUT2D eigenvalue weighted by atomic mass is 16.4. The van der Waals surface area contributed by atoms with Gasteiger partial charge in [0.15, 0.2) is 0 Å². The summed E-state index contributed by atoms with van der Waals surface area (Å²) in [6.45, 7) is 8.39. The molecule has 3 aliphatic rings. The Labute approximate surface area is 206 Å². The molecule has 3 saturated heterocycles. The zero-order valence-corrected chi connectivity index (χ0v) is 21.1. The first kappa shape index (κ1) is 24.0. The summed E-state index contributed by atoms with van der Waals surface area (Å²) < 4.78 is 7.74. The molecule has 10 heteroatoms. The summed E-state index contributed by atoms with van der Waals surface area (Å²) in [4.78, 5) is 32.3. The van der Waals surface area contributed by atoms with E-state index in [1.165, 1.54) is 6.42 Å². The summed E-state index contributed by atoms with van der Waals surface area (Å²) in [5.41, 5.74) is 0.666. The van der Waals surface area contributed by atoms with E-state index in [0.717, 1.165) is 51.7 Å². The molecule has 2 aromatic rings. The van der Waals surface area contributed by atoms with Crippen LogP contribution in [-0.2, 0) is 11.8 Å². The van der Waals surface area contributed by atoms with E-state index in [1.807, 2.05) is 30.7 Å². The Morgan fingerprint density at radius 3 is 2.46 bits per heavy atom. The van der Waals surface area contributed by atoms with Gasteiger partial charge >= 0.3 is 0 Å². The Hall–Kier alpha value is -2.75. The average Bonchev–Trinajstić information content (AvgIpc) is 3.59. The molecule has 190 valence electrons. The minimum absolute atomic E-state index is 0.0328. The lowest BCUT2D eigenvalue weighted by Crippen LogP contribution is -2.46. The maximum Gasteiger partial charge on any atom is 0.257 e. The quantitative estimate of drug-likeness (QED) is 0.644. The van der Waals surface area contributed by atoms with E-state index >= 15 is 0 Å². The highest BCUT2D eigenvalue weighted by Gasteiger charge is 2.49. The third-order valence-corrected chi connectivity index (χ3v) is 7.95. The van der Waals surface area contributed by atoms with Gasteiger partial charge in [0.25, 0.3) is 5.91 Å². The van der Waals surface area contributed by atoms with Gasteiger partial charge in [-0.25, -0.2) is 0 Å². The minimum atomic E-state index is -0.0654. The molecule has 0 bridgehead atoms. The van der Waals surface area contributed by atoms with Gasteiger partial charge in [0.1, 0.15) is 0 Å². The maximum absolute atomic E-state index is 13.2. The number of piperidine rings is 2. The molecule has 5 rings (SSSR count). The standard InChI is InChI=1S/C25H37N7O3/c1-18(2)22-27-28-23(35-22)20-13-25(17-32(20)16-21(33)30-9-5-4-6-10-30)7-11-31(12-8-25)24(34)19-14-26-29(3)15-19/h14-15,18,20H,4-13,16-17H2,1-3H3. The number of nitrogens with zero attached hydrogens (tertiary/aromatic N) is 7. The van der Waals surface area contributed by atoms with Crippen molar-refractivity contribution >= 4 is 11.8 Å². The van der Waals surface area contributed by atoms with Crippen LogP contribution in [-0.4, -0.2) is 85.8 Å². The van der Waals surface area contributed by atoms with Crippen LogP contribution in [0.1, 0.15) is 86.5 Å². The highest BCUT2D eigenvalue weighted by Crippen LogP contribution is 2.49. The van der Waals surface area contributed by atoms with Crippen molar-refractivity contribution in [1.29, 1.82) is 0 Å². The van der Waals surface area contributed by atoms with Crippen molar-refractivity contribution in [2.75, 3.05) is 39.3 Å². The fourth-order valence-electron chi connectivity index (χ4n) is 5.85. The molecule has 2 aromatic heterocycles. The number of hydrogen-bond acceptors (Lipinski definition) is 7. The lowest BCUT2D eigenvalue weighted by molar-refractivity contribution is -0.133. The first-order valence-corrected chi connectivity index (χ1v) is 13.0. The molecule has 2 amide bonds. The van der Waals surface area contributed by atoms with Gasteiger partial charge in [-0.15, -0.1) is 10.2 Å². The Kier molecular flexibility index (Phi) is 6.65. The van der Waals surface area contributed by atoms with Gasteiger partial charge in [-0.3, -0.25) is 19.2 Å². The zero-order valence-electron chi connectivity index (χ0n) is 21.1. The number of aryl methyl sites for hydroxylation is 1. The number of rotatable bonds is 5. The number of amides is 2. The van der Waals surface area contributed by atoms with E-state index in [4.69, 9.17) is 4.42 Å². The van der Waals surface area contributed by atoms with Crippen LogP contribution >= 0.6 is 0 Å². The predicted molar refractivity (Wildman–Crippen MR) is 129 cm³/mol. The van der Waals surface area contributed by atoms with E-state index in [0.29, 0.717) is 37.0 Å². The second-order valence-electron chi connectivity index (χ2n) is 10.9. The Balaban J connectivity index is 1.30. The molecule has 3 fully saturated rings. The van der Waals surface area contributed by atoms with Crippen LogP contribution in [0.5, 0.6) is 0 Å². The number of aromatic nitrogens is 4. The van der Waals surface area contributed by atoms with Crippen molar-refractivity contribution in [2.45, 2.75) is 64.3 Å². The van der Waals surface area contributed by atoms with Crippen molar-refractivity contribution in [1.82, 2.24) is 34.7 Å². The van der Waals surface area contributed by atoms with E-state index in [-0.39, 0.29) is 29.2 Å². The van der Waals surface area contributed by atoms with E-state index in [2.05, 4.69) is 20.2 Å². The zero-order chi connectivity index (χ0) is 24.6. The molecule has 1 spiro atoms. The van der Waals surface area contributed by atoms with Gasteiger partial charge in [-0.2, -0.15) is 5.10 Å². The van der Waals surface area contributed by atoms with Crippen LogP contribution in [0.3, 0.4) is 0 Å². The molecule has 0 aliphatic carbocycles. The van der Waals surface area contributed by atoms with Crippen LogP contribution in [0.4, 0.5) is 0 Å². The fourth-order valence-corrected chi connectivity index (χ4v) is 5.85. The molecule has 0 saturated carbocycles. The smallest absolute Gasteiger partial charge is 0.257 e. The lowest BCUT2D eigenvalue weighted by atomic mass is 9.76. The van der Waals surface area contributed by atoms with E-state index in [9.17, 15) is 9.59 Å². The summed E-state index contributed by atoms with van der Waals surface area (Å²) >= 11 is 0. The molecule has 5 heterocycles. The second kappa shape index (κ2) is 9.72. The third kappa shape index (κ3) is 4.98. The van der Waals surface area contributed by atoms with Gasteiger partial charge in [0, 0.05) is 51.9 Å². The predicted octanol–water partition coefficient (Wildman–Crippen LogP) is 2.61. The van der Waals surface area contributed by atoms with Gasteiger partial charge in [-0.05, 0) is 43.9 Å². The normalized spacial score (nSPS) is 22.9. The number of carbonyl (C=O) groups excluding carboxylic acids is 2. The van der Waals surface area contributed by atoms with Crippen LogP contribution in [0.2, 0.25) is 0 Å². The van der Waals surface area contributed by atoms with Crippen LogP contribution < -0.4 is 0 Å². The Bertz CT molecular complexity index is 1050. The molecular weight excluding hydrogens is 446 g/mol. The minimum Gasteiger partial charge on any atom is -0.423 e. The summed E-state index contributed by atoms with van der Waals surface area (Å²) in [6, 6.07) is -0.0654. The van der Waals surface area contributed by atoms with Crippen LogP contribution in [0.15, 0.2) is 16.8 Å². The lowest BCUT2D eigenvalue weighted by Gasteiger charge is -2.39. The Morgan fingerprint density at radius 2 is 1.83 bits per heavy atom. The largest absolute Gasteiger partial charge is 0.423 e. The van der Waals surface area contributed by atoms with Gasteiger partial charge < -0.3 is 14.2 Å². The second-order valence-corrected chi connectivity index (χ2v) is 10.9. The van der Waals surface area contributed by atoms with Crippen molar-refractivity contribution in [2.24, 2.45) is 12.5 Å². The van der Waals surface area contributed by atoms with Crippen LogP contribution in [0.25, 0.3) is 0 Å². The van der Waals surface area contributed by atoms with Crippen molar-refractivity contribution < 1.29 is 14.0 Å².